The van der Waals surface area contributed by atoms with Gasteiger partial charge >= 0.3 is 19.8 Å². The summed E-state index contributed by atoms with van der Waals surface area (Å²) in [5, 5.41) is 17.9. The Morgan fingerprint density at radius 2 is 1.54 bits per heavy atom. The topological polar surface area (TPSA) is 149 Å². The van der Waals surface area contributed by atoms with Crippen LogP contribution in [0.4, 0.5) is 0 Å². The van der Waals surface area contributed by atoms with E-state index in [1.807, 2.05) is 0 Å². The summed E-state index contributed by atoms with van der Waals surface area (Å²) in [7, 11) is -4.57. The lowest BCUT2D eigenvalue weighted by atomic mass is 10.1. The van der Waals surface area contributed by atoms with E-state index >= 15 is 0 Å². The largest absolute Gasteiger partial charge is 0.472 e. The third-order valence-corrected chi connectivity index (χ3v) is 5.60. The lowest BCUT2D eigenvalue weighted by Gasteiger charge is -2.20. The first-order chi connectivity index (χ1) is 16.7. The SMILES string of the molecule is CCC/C=C\C/C=C\CCCCCCCC(=O)OC(COC(C)=O)COP(=O)(O)OCC(O)CO. The fraction of sp³-hybridized carbons (Fsp3) is 0.750. The van der Waals surface area contributed by atoms with E-state index in [4.69, 9.17) is 19.1 Å². The molecule has 35 heavy (non-hydrogen) atoms. The normalized spacial score (nSPS) is 15.2. The van der Waals surface area contributed by atoms with Crippen LogP contribution in [-0.2, 0) is 32.7 Å². The minimum atomic E-state index is -4.57. The Balaban J connectivity index is 4.15. The summed E-state index contributed by atoms with van der Waals surface area (Å²) >= 11 is 0. The van der Waals surface area contributed by atoms with Gasteiger partial charge in [-0.25, -0.2) is 4.57 Å². The molecule has 0 saturated carbocycles. The Hall–Kier alpha value is -1.55. The van der Waals surface area contributed by atoms with Crippen molar-refractivity contribution in [3.05, 3.63) is 24.3 Å². The third-order valence-electron chi connectivity index (χ3n) is 4.65. The summed E-state index contributed by atoms with van der Waals surface area (Å²) in [6.07, 6.45) is 15.5. The first-order valence-corrected chi connectivity index (χ1v) is 13.7. The number of ether oxygens (including phenoxy) is 2. The molecule has 0 aliphatic carbocycles. The van der Waals surface area contributed by atoms with Crippen LogP contribution in [0.1, 0.15) is 78.1 Å². The van der Waals surface area contributed by atoms with Gasteiger partial charge in [-0.1, -0.05) is 56.9 Å². The minimum absolute atomic E-state index is 0.163. The van der Waals surface area contributed by atoms with Crippen LogP contribution < -0.4 is 0 Å². The highest BCUT2D eigenvalue weighted by Crippen LogP contribution is 2.43. The second-order valence-corrected chi connectivity index (χ2v) is 9.54. The molecule has 3 unspecified atom stereocenters. The highest BCUT2D eigenvalue weighted by molar-refractivity contribution is 7.47. The second-order valence-electron chi connectivity index (χ2n) is 8.08. The summed E-state index contributed by atoms with van der Waals surface area (Å²) < 4.78 is 31.2. The van der Waals surface area contributed by atoms with Crippen molar-refractivity contribution in [2.75, 3.05) is 26.4 Å². The van der Waals surface area contributed by atoms with Gasteiger partial charge in [0, 0.05) is 13.3 Å². The van der Waals surface area contributed by atoms with E-state index in [2.05, 4.69) is 35.8 Å². The number of esters is 2. The fourth-order valence-electron chi connectivity index (χ4n) is 2.75. The van der Waals surface area contributed by atoms with Gasteiger partial charge in [-0.05, 0) is 32.1 Å². The molecule has 0 bridgehead atoms. The van der Waals surface area contributed by atoms with Crippen molar-refractivity contribution in [2.24, 2.45) is 0 Å². The van der Waals surface area contributed by atoms with Gasteiger partial charge in [-0.15, -0.1) is 0 Å². The molecule has 0 radical (unpaired) electrons. The van der Waals surface area contributed by atoms with Crippen LogP contribution in [0.15, 0.2) is 24.3 Å². The molecular weight excluding hydrogens is 479 g/mol. The average Bonchev–Trinajstić information content (AvgIpc) is 2.82. The summed E-state index contributed by atoms with van der Waals surface area (Å²) in [4.78, 5) is 32.8. The lowest BCUT2D eigenvalue weighted by Crippen LogP contribution is -2.29. The molecule has 0 amide bonds. The van der Waals surface area contributed by atoms with Crippen molar-refractivity contribution < 1.29 is 47.8 Å². The molecule has 0 aromatic rings. The van der Waals surface area contributed by atoms with Crippen molar-refractivity contribution in [3.63, 3.8) is 0 Å². The zero-order valence-electron chi connectivity index (χ0n) is 21.0. The molecule has 11 heteroatoms. The first-order valence-electron chi connectivity index (χ1n) is 12.2. The van der Waals surface area contributed by atoms with E-state index in [-0.39, 0.29) is 13.0 Å². The molecule has 0 heterocycles. The zero-order chi connectivity index (χ0) is 26.4. The molecule has 0 aromatic carbocycles. The number of aliphatic hydroxyl groups is 2. The molecule has 0 spiro atoms. The van der Waals surface area contributed by atoms with Crippen LogP contribution in [0.25, 0.3) is 0 Å². The Kier molecular flexibility index (Phi) is 20.7. The highest BCUT2D eigenvalue weighted by atomic mass is 31.2. The monoisotopic (exact) mass is 522 g/mol. The van der Waals surface area contributed by atoms with E-state index in [1.165, 1.54) is 13.3 Å². The van der Waals surface area contributed by atoms with Crippen LogP contribution in [-0.4, -0.2) is 65.7 Å². The maximum Gasteiger partial charge on any atom is 0.472 e. The van der Waals surface area contributed by atoms with Crippen LogP contribution >= 0.6 is 7.82 Å². The molecule has 3 atom stereocenters. The second kappa shape index (κ2) is 21.7. The number of phosphoric ester groups is 1. The van der Waals surface area contributed by atoms with Crippen molar-refractivity contribution in [1.82, 2.24) is 0 Å². The number of hydrogen-bond donors (Lipinski definition) is 3. The van der Waals surface area contributed by atoms with E-state index in [1.54, 1.807) is 0 Å². The number of rotatable bonds is 22. The van der Waals surface area contributed by atoms with Gasteiger partial charge in [0.15, 0.2) is 6.10 Å². The van der Waals surface area contributed by atoms with E-state index in [9.17, 15) is 24.2 Å². The molecular formula is C24H43O10P. The maximum atomic E-state index is 12.1. The molecule has 0 fully saturated rings. The molecule has 0 rings (SSSR count). The Bertz CT molecular complexity index is 665. The van der Waals surface area contributed by atoms with Crippen molar-refractivity contribution in [1.29, 1.82) is 0 Å². The molecule has 0 aromatic heterocycles. The van der Waals surface area contributed by atoms with Crippen LogP contribution in [0.3, 0.4) is 0 Å². The number of carbonyl (C=O) groups excluding carboxylic acids is 2. The highest BCUT2D eigenvalue weighted by Gasteiger charge is 2.26. The number of carbonyl (C=O) groups is 2. The Labute approximate surface area is 208 Å². The molecule has 0 saturated heterocycles. The summed E-state index contributed by atoms with van der Waals surface area (Å²) in [6, 6.07) is 0. The van der Waals surface area contributed by atoms with E-state index < -0.39 is 51.8 Å². The minimum Gasteiger partial charge on any atom is -0.462 e. The lowest BCUT2D eigenvalue weighted by molar-refractivity contribution is -0.160. The quantitative estimate of drug-likeness (QED) is 0.0825. The predicted octanol–water partition coefficient (Wildman–Crippen LogP) is 3.98. The fourth-order valence-corrected chi connectivity index (χ4v) is 3.54. The van der Waals surface area contributed by atoms with Crippen molar-refractivity contribution in [3.8, 4) is 0 Å². The average molecular weight is 523 g/mol. The number of aliphatic hydroxyl groups excluding tert-OH is 2. The van der Waals surface area contributed by atoms with Gasteiger partial charge in [0.25, 0.3) is 0 Å². The molecule has 0 aliphatic rings. The standard InChI is InChI=1S/C24H43O10P/c1-3-4-5-6-7-8-9-10-11-12-13-14-15-16-24(28)34-23(19-31-21(2)26)20-33-35(29,30)32-18-22(27)17-25/h5-6,8-9,22-23,25,27H,3-4,7,10-20H2,1-2H3,(H,29,30)/b6-5-,9-8-. The molecule has 204 valence electrons. The molecule has 10 nitrogen and oxygen atoms in total. The Morgan fingerprint density at radius 1 is 0.914 bits per heavy atom. The van der Waals surface area contributed by atoms with E-state index in [0.717, 1.165) is 44.9 Å². The van der Waals surface area contributed by atoms with Gasteiger partial charge < -0.3 is 24.6 Å². The van der Waals surface area contributed by atoms with Gasteiger partial charge in [0.05, 0.1) is 19.8 Å². The summed E-state index contributed by atoms with van der Waals surface area (Å²) in [5.41, 5.74) is 0. The molecule has 3 N–H and O–H groups in total. The zero-order valence-corrected chi connectivity index (χ0v) is 21.9. The number of hydrogen-bond acceptors (Lipinski definition) is 9. The summed E-state index contributed by atoms with van der Waals surface area (Å²) in [5.74, 6) is -1.14. The van der Waals surface area contributed by atoms with Gasteiger partial charge in [-0.3, -0.25) is 18.6 Å². The van der Waals surface area contributed by atoms with Crippen LogP contribution in [0.5, 0.6) is 0 Å². The van der Waals surface area contributed by atoms with Crippen molar-refractivity contribution >= 4 is 19.8 Å². The number of allylic oxidation sites excluding steroid dienone is 4. The smallest absolute Gasteiger partial charge is 0.462 e. The maximum absolute atomic E-state index is 12.1. The van der Waals surface area contributed by atoms with Gasteiger partial charge in [0.1, 0.15) is 12.7 Å². The first kappa shape index (κ1) is 33.4. The Morgan fingerprint density at radius 3 is 2.20 bits per heavy atom. The van der Waals surface area contributed by atoms with Gasteiger partial charge in [0.2, 0.25) is 0 Å². The molecule has 0 aliphatic heterocycles. The third kappa shape index (κ3) is 22.6. The van der Waals surface area contributed by atoms with E-state index in [0.29, 0.717) is 6.42 Å². The van der Waals surface area contributed by atoms with Crippen LogP contribution in [0.2, 0.25) is 0 Å². The van der Waals surface area contributed by atoms with Crippen LogP contribution in [0, 0.1) is 0 Å². The van der Waals surface area contributed by atoms with Crippen molar-refractivity contribution in [2.45, 2.75) is 90.3 Å². The summed E-state index contributed by atoms with van der Waals surface area (Å²) in [6.45, 7) is 1.17. The number of unbranched alkanes of at least 4 members (excludes halogenated alkanes) is 6. The predicted molar refractivity (Wildman–Crippen MR) is 131 cm³/mol. The number of phosphoric acid groups is 1. The van der Waals surface area contributed by atoms with Gasteiger partial charge in [-0.2, -0.15) is 0 Å².